The third-order valence-corrected chi connectivity index (χ3v) is 4.02. The smallest absolute Gasteiger partial charge is 0.230 e. The van der Waals surface area contributed by atoms with E-state index in [-0.39, 0.29) is 5.91 Å². The standard InChI is InChI=1S/C15H16N6OS/c1-2-7-17-14(22)10-23-15-19-18-13-6-5-12(20-21(13)15)11-4-3-8-16-9-11/h3-6,8-9H,2,7,10H2,1H3,(H,17,22). The first kappa shape index (κ1) is 15.4. The molecule has 118 valence electrons. The van der Waals surface area contributed by atoms with Crippen molar-refractivity contribution in [3.05, 3.63) is 36.7 Å². The largest absolute Gasteiger partial charge is 0.355 e. The van der Waals surface area contributed by atoms with Crippen molar-refractivity contribution < 1.29 is 4.79 Å². The van der Waals surface area contributed by atoms with E-state index in [1.807, 2.05) is 31.2 Å². The van der Waals surface area contributed by atoms with Crippen LogP contribution in [-0.2, 0) is 4.79 Å². The third-order valence-electron chi connectivity index (χ3n) is 3.10. The van der Waals surface area contributed by atoms with E-state index in [4.69, 9.17) is 0 Å². The zero-order valence-electron chi connectivity index (χ0n) is 12.6. The number of pyridine rings is 1. The number of carbonyl (C=O) groups excluding carboxylic acids is 1. The van der Waals surface area contributed by atoms with Crippen molar-refractivity contribution in [3.8, 4) is 11.3 Å². The summed E-state index contributed by atoms with van der Waals surface area (Å²) in [6.07, 6.45) is 4.39. The lowest BCUT2D eigenvalue weighted by Crippen LogP contribution is -2.25. The Labute approximate surface area is 137 Å². The van der Waals surface area contributed by atoms with Gasteiger partial charge in [0.2, 0.25) is 11.1 Å². The van der Waals surface area contributed by atoms with Crippen molar-refractivity contribution in [2.24, 2.45) is 0 Å². The number of hydrogen-bond donors (Lipinski definition) is 1. The summed E-state index contributed by atoms with van der Waals surface area (Å²) in [6, 6.07) is 7.53. The fourth-order valence-corrected chi connectivity index (χ4v) is 2.69. The normalized spacial score (nSPS) is 10.8. The number of fused-ring (bicyclic) bond motifs is 1. The highest BCUT2D eigenvalue weighted by atomic mass is 32.2. The average molecular weight is 328 g/mol. The molecule has 0 atom stereocenters. The van der Waals surface area contributed by atoms with E-state index in [2.05, 4.69) is 25.6 Å². The van der Waals surface area contributed by atoms with Gasteiger partial charge in [0, 0.05) is 24.5 Å². The molecular formula is C15H16N6OS. The third kappa shape index (κ3) is 3.65. The molecule has 1 N–H and O–H groups in total. The van der Waals surface area contributed by atoms with E-state index in [9.17, 15) is 4.79 Å². The summed E-state index contributed by atoms with van der Waals surface area (Å²) in [5.74, 6) is 0.275. The predicted octanol–water partition coefficient (Wildman–Crippen LogP) is 1.80. The molecule has 0 fully saturated rings. The van der Waals surface area contributed by atoms with Crippen molar-refractivity contribution in [2.75, 3.05) is 12.3 Å². The van der Waals surface area contributed by atoms with Crippen molar-refractivity contribution >= 4 is 23.3 Å². The lowest BCUT2D eigenvalue weighted by atomic mass is 10.2. The molecule has 8 heteroatoms. The monoisotopic (exact) mass is 328 g/mol. The number of nitrogens with zero attached hydrogens (tertiary/aromatic N) is 5. The molecule has 7 nitrogen and oxygen atoms in total. The van der Waals surface area contributed by atoms with Crippen LogP contribution in [0, 0.1) is 0 Å². The zero-order valence-corrected chi connectivity index (χ0v) is 13.5. The quantitative estimate of drug-likeness (QED) is 0.695. The topological polar surface area (TPSA) is 85.1 Å². The van der Waals surface area contributed by atoms with Gasteiger partial charge in [-0.3, -0.25) is 9.78 Å². The van der Waals surface area contributed by atoms with E-state index in [0.717, 1.165) is 17.7 Å². The lowest BCUT2D eigenvalue weighted by Gasteiger charge is -2.03. The van der Waals surface area contributed by atoms with Gasteiger partial charge in [-0.2, -0.15) is 9.61 Å². The van der Waals surface area contributed by atoms with Gasteiger partial charge in [0.25, 0.3) is 0 Å². The highest BCUT2D eigenvalue weighted by Crippen LogP contribution is 2.19. The molecule has 3 aromatic rings. The molecule has 0 bridgehead atoms. The average Bonchev–Trinajstić information content (AvgIpc) is 3.01. The first-order valence-electron chi connectivity index (χ1n) is 7.30. The Morgan fingerprint density at radius 3 is 3.00 bits per heavy atom. The minimum Gasteiger partial charge on any atom is -0.355 e. The highest BCUT2D eigenvalue weighted by Gasteiger charge is 2.11. The van der Waals surface area contributed by atoms with Gasteiger partial charge in [-0.25, -0.2) is 0 Å². The summed E-state index contributed by atoms with van der Waals surface area (Å²) in [4.78, 5) is 15.8. The molecule has 0 saturated heterocycles. The Bertz CT molecular complexity index is 804. The van der Waals surface area contributed by atoms with Gasteiger partial charge in [0.15, 0.2) is 5.65 Å². The number of nitrogens with one attached hydrogen (secondary N) is 1. The van der Waals surface area contributed by atoms with Crippen molar-refractivity contribution in [1.29, 1.82) is 0 Å². The van der Waals surface area contributed by atoms with Crippen LogP contribution in [0.3, 0.4) is 0 Å². The molecule has 0 radical (unpaired) electrons. The second-order valence-corrected chi connectivity index (χ2v) is 5.79. The fourth-order valence-electron chi connectivity index (χ4n) is 1.97. The Balaban J connectivity index is 1.80. The van der Waals surface area contributed by atoms with Gasteiger partial charge in [-0.15, -0.1) is 10.2 Å². The number of carbonyl (C=O) groups is 1. The van der Waals surface area contributed by atoms with E-state index in [0.29, 0.717) is 23.1 Å². The first-order valence-corrected chi connectivity index (χ1v) is 8.29. The van der Waals surface area contributed by atoms with Gasteiger partial charge in [-0.1, -0.05) is 18.7 Å². The SMILES string of the molecule is CCCNC(=O)CSc1nnc2ccc(-c3cccnc3)nn12. The van der Waals surface area contributed by atoms with Crippen molar-refractivity contribution in [2.45, 2.75) is 18.5 Å². The summed E-state index contributed by atoms with van der Waals surface area (Å²) < 4.78 is 1.65. The molecule has 0 spiro atoms. The molecule has 23 heavy (non-hydrogen) atoms. The molecule has 0 saturated carbocycles. The summed E-state index contributed by atoms with van der Waals surface area (Å²) in [5, 5.41) is 16.1. The van der Waals surface area contributed by atoms with Gasteiger partial charge in [0.05, 0.1) is 11.4 Å². The van der Waals surface area contributed by atoms with Crippen LogP contribution < -0.4 is 5.32 Å². The Hall–Kier alpha value is -2.48. The molecule has 0 aromatic carbocycles. The van der Waals surface area contributed by atoms with Crippen LogP contribution in [-0.4, -0.2) is 43.0 Å². The lowest BCUT2D eigenvalue weighted by molar-refractivity contribution is -0.118. The second kappa shape index (κ2) is 7.19. The van der Waals surface area contributed by atoms with Crippen molar-refractivity contribution in [3.63, 3.8) is 0 Å². The summed E-state index contributed by atoms with van der Waals surface area (Å²) in [7, 11) is 0. The van der Waals surface area contributed by atoms with E-state index < -0.39 is 0 Å². The van der Waals surface area contributed by atoms with Crippen LogP contribution in [0.1, 0.15) is 13.3 Å². The minimum atomic E-state index is -0.0167. The minimum absolute atomic E-state index is 0.0167. The molecule has 0 aliphatic heterocycles. The van der Waals surface area contributed by atoms with Crippen LogP contribution in [0.15, 0.2) is 41.8 Å². The molecule has 0 aliphatic rings. The van der Waals surface area contributed by atoms with Gasteiger partial charge in [-0.05, 0) is 30.7 Å². The summed E-state index contributed by atoms with van der Waals surface area (Å²) >= 11 is 1.32. The van der Waals surface area contributed by atoms with E-state index >= 15 is 0 Å². The van der Waals surface area contributed by atoms with Gasteiger partial charge < -0.3 is 5.32 Å². The summed E-state index contributed by atoms with van der Waals surface area (Å²) in [6.45, 7) is 2.70. The van der Waals surface area contributed by atoms with Crippen LogP contribution in [0.2, 0.25) is 0 Å². The molecule has 0 unspecified atom stereocenters. The first-order chi connectivity index (χ1) is 11.3. The Morgan fingerprint density at radius 2 is 2.22 bits per heavy atom. The van der Waals surface area contributed by atoms with E-state index in [1.165, 1.54) is 11.8 Å². The Kier molecular flexibility index (Phi) is 4.82. The van der Waals surface area contributed by atoms with Crippen LogP contribution in [0.5, 0.6) is 0 Å². The number of amides is 1. The Morgan fingerprint density at radius 1 is 1.30 bits per heavy atom. The highest BCUT2D eigenvalue weighted by molar-refractivity contribution is 7.99. The van der Waals surface area contributed by atoms with Crippen LogP contribution in [0.4, 0.5) is 0 Å². The van der Waals surface area contributed by atoms with Crippen LogP contribution >= 0.6 is 11.8 Å². The maximum absolute atomic E-state index is 11.7. The molecule has 1 amide bonds. The second-order valence-electron chi connectivity index (χ2n) is 4.85. The van der Waals surface area contributed by atoms with Crippen molar-refractivity contribution in [1.82, 2.24) is 30.1 Å². The number of thioether (sulfide) groups is 1. The number of rotatable bonds is 6. The maximum atomic E-state index is 11.7. The van der Waals surface area contributed by atoms with E-state index in [1.54, 1.807) is 16.9 Å². The molecular weight excluding hydrogens is 312 g/mol. The molecule has 3 heterocycles. The zero-order chi connectivity index (χ0) is 16.1. The predicted molar refractivity (Wildman–Crippen MR) is 88.0 cm³/mol. The fraction of sp³-hybridized carbons (Fsp3) is 0.267. The number of aromatic nitrogens is 5. The van der Waals surface area contributed by atoms with Crippen LogP contribution in [0.25, 0.3) is 16.9 Å². The molecule has 3 aromatic heterocycles. The maximum Gasteiger partial charge on any atom is 0.230 e. The number of hydrogen-bond acceptors (Lipinski definition) is 6. The molecule has 3 rings (SSSR count). The van der Waals surface area contributed by atoms with Gasteiger partial charge >= 0.3 is 0 Å². The summed E-state index contributed by atoms with van der Waals surface area (Å²) in [5.41, 5.74) is 2.34. The molecule has 0 aliphatic carbocycles. The van der Waals surface area contributed by atoms with Gasteiger partial charge in [0.1, 0.15) is 0 Å².